The molecule has 0 spiro atoms. The Morgan fingerprint density at radius 1 is 0.400 bits per heavy atom. The van der Waals surface area contributed by atoms with Gasteiger partial charge in [-0.15, -0.1) is 0 Å². The maximum absolute atomic E-state index is 2.67. The monoisotopic (exact) mass is 976 g/mol. The Morgan fingerprint density at radius 2 is 0.880 bits per heavy atom. The van der Waals surface area contributed by atoms with Crippen LogP contribution in [0, 0.1) is 6.92 Å². The Balaban J connectivity index is 1.25. The zero-order chi connectivity index (χ0) is 52.2. The van der Waals surface area contributed by atoms with Gasteiger partial charge in [0.25, 0.3) is 6.71 Å². The van der Waals surface area contributed by atoms with E-state index >= 15 is 0 Å². The lowest BCUT2D eigenvalue weighted by Gasteiger charge is -2.48. The molecule has 0 amide bonds. The van der Waals surface area contributed by atoms with Crippen LogP contribution in [-0.4, -0.2) is 6.71 Å². The lowest BCUT2D eigenvalue weighted by atomic mass is 9.33. The fourth-order valence-electron chi connectivity index (χ4n) is 12.5. The number of anilines is 9. The van der Waals surface area contributed by atoms with Gasteiger partial charge in [0.2, 0.25) is 0 Å². The van der Waals surface area contributed by atoms with E-state index in [2.05, 4.69) is 291 Å². The Morgan fingerprint density at radius 3 is 1.44 bits per heavy atom. The molecule has 0 N–H and O–H groups in total. The van der Waals surface area contributed by atoms with Crippen molar-refractivity contribution in [2.24, 2.45) is 0 Å². The molecule has 0 saturated carbocycles. The summed E-state index contributed by atoms with van der Waals surface area (Å²) in [5, 5.41) is 0. The zero-order valence-corrected chi connectivity index (χ0v) is 45.9. The van der Waals surface area contributed by atoms with Crippen molar-refractivity contribution in [3.05, 3.63) is 228 Å². The predicted molar refractivity (Wildman–Crippen MR) is 323 cm³/mol. The van der Waals surface area contributed by atoms with Crippen LogP contribution in [0.5, 0.6) is 0 Å². The van der Waals surface area contributed by atoms with E-state index in [-0.39, 0.29) is 28.4 Å². The molecule has 1 aliphatic carbocycles. The third-order valence-corrected chi connectivity index (χ3v) is 16.9. The molecule has 9 aromatic rings. The molecule has 2 heterocycles. The van der Waals surface area contributed by atoms with E-state index in [4.69, 9.17) is 0 Å². The summed E-state index contributed by atoms with van der Waals surface area (Å²) in [5.74, 6) is 0. The van der Waals surface area contributed by atoms with Gasteiger partial charge in [-0.2, -0.15) is 0 Å². The van der Waals surface area contributed by atoms with Gasteiger partial charge in [-0.3, -0.25) is 0 Å². The second-order valence-corrected chi connectivity index (χ2v) is 25.0. The first-order valence-corrected chi connectivity index (χ1v) is 27.3. The number of fused-ring (bicyclic) bond motifs is 5. The van der Waals surface area contributed by atoms with Crippen LogP contribution in [0.15, 0.2) is 200 Å². The van der Waals surface area contributed by atoms with Crippen molar-refractivity contribution >= 4 is 74.3 Å². The lowest BCUT2D eigenvalue weighted by Crippen LogP contribution is -2.62. The standard InChI is InChI=1S/C71H70BN3/c1-47-40-50(48-24-16-12-17-25-48)32-36-61(47)74-64-46-58-57(70(8,9)38-39-71(58,10)11)45-60(64)72-59-35-33-52(69(5,6)7)42-63(59)75(62-37-34-51(68(2,3)4)41-56(62)49-26-18-13-19-27-49)66-44-55(43-65(74)67(66)72)73(53-28-20-14-21-29-53)54-30-22-15-23-31-54/h12-37,40-46H,38-39H2,1-11H3. The van der Waals surface area contributed by atoms with Crippen molar-refractivity contribution in [3.8, 4) is 22.3 Å². The number of hydrogen-bond donors (Lipinski definition) is 0. The van der Waals surface area contributed by atoms with Crippen molar-refractivity contribution < 1.29 is 0 Å². The summed E-state index contributed by atoms with van der Waals surface area (Å²) >= 11 is 0. The smallest absolute Gasteiger partial charge is 0.252 e. The molecule has 0 saturated heterocycles. The number of para-hydroxylation sites is 2. The Labute approximate surface area is 447 Å². The van der Waals surface area contributed by atoms with Crippen LogP contribution in [-0.2, 0) is 21.7 Å². The molecule has 2 aliphatic heterocycles. The van der Waals surface area contributed by atoms with Gasteiger partial charge in [0, 0.05) is 45.4 Å². The molecule has 0 atom stereocenters. The van der Waals surface area contributed by atoms with E-state index in [1.54, 1.807) is 0 Å². The van der Waals surface area contributed by atoms with Crippen molar-refractivity contribution in [2.45, 2.75) is 111 Å². The molecule has 75 heavy (non-hydrogen) atoms. The van der Waals surface area contributed by atoms with Crippen LogP contribution < -0.4 is 31.1 Å². The van der Waals surface area contributed by atoms with E-state index in [9.17, 15) is 0 Å². The number of aryl methyl sites for hydroxylation is 1. The zero-order valence-electron chi connectivity index (χ0n) is 45.9. The number of nitrogens with zero attached hydrogens (tertiary/aromatic N) is 3. The summed E-state index contributed by atoms with van der Waals surface area (Å²) in [6, 6.07) is 76.0. The van der Waals surface area contributed by atoms with E-state index in [0.29, 0.717) is 0 Å². The maximum Gasteiger partial charge on any atom is 0.252 e. The van der Waals surface area contributed by atoms with Gasteiger partial charge >= 0.3 is 0 Å². The minimum absolute atomic E-state index is 0.00158. The average molecular weight is 976 g/mol. The van der Waals surface area contributed by atoms with Gasteiger partial charge in [0.05, 0.1) is 11.4 Å². The fraction of sp³-hybridized carbons (Fsp3) is 0.239. The van der Waals surface area contributed by atoms with Crippen molar-refractivity contribution in [3.63, 3.8) is 0 Å². The molecule has 3 nitrogen and oxygen atoms in total. The number of rotatable bonds is 7. The normalized spacial score (nSPS) is 15.2. The van der Waals surface area contributed by atoms with E-state index in [1.807, 2.05) is 0 Å². The molecule has 0 bridgehead atoms. The largest absolute Gasteiger partial charge is 0.311 e. The predicted octanol–water partition coefficient (Wildman–Crippen LogP) is 17.8. The Kier molecular flexibility index (Phi) is 11.5. The van der Waals surface area contributed by atoms with Crippen molar-refractivity contribution in [2.75, 3.05) is 14.7 Å². The Bertz CT molecular complexity index is 3600. The topological polar surface area (TPSA) is 9.72 Å². The van der Waals surface area contributed by atoms with Gasteiger partial charge in [-0.25, -0.2) is 0 Å². The van der Waals surface area contributed by atoms with Crippen molar-refractivity contribution in [1.29, 1.82) is 0 Å². The average Bonchev–Trinajstić information content (AvgIpc) is 3.45. The highest BCUT2D eigenvalue weighted by Crippen LogP contribution is 2.53. The van der Waals surface area contributed by atoms with Crippen LogP contribution >= 0.6 is 0 Å². The lowest BCUT2D eigenvalue weighted by molar-refractivity contribution is 0.332. The first-order valence-electron chi connectivity index (χ1n) is 27.3. The molecular formula is C71H70BN3. The van der Waals surface area contributed by atoms with Crippen LogP contribution in [0.1, 0.15) is 110 Å². The maximum atomic E-state index is 2.67. The Hall–Kier alpha value is -7.56. The molecule has 0 unspecified atom stereocenters. The highest BCUT2D eigenvalue weighted by molar-refractivity contribution is 7.00. The quantitative estimate of drug-likeness (QED) is 0.147. The molecule has 372 valence electrons. The molecule has 3 aliphatic rings. The molecule has 9 aromatic carbocycles. The second kappa shape index (κ2) is 17.8. The summed E-state index contributed by atoms with van der Waals surface area (Å²) < 4.78 is 0. The van der Waals surface area contributed by atoms with E-state index in [1.165, 1.54) is 101 Å². The van der Waals surface area contributed by atoms with Gasteiger partial charge in [0.1, 0.15) is 0 Å². The summed E-state index contributed by atoms with van der Waals surface area (Å²) in [7, 11) is 0. The van der Waals surface area contributed by atoms with Gasteiger partial charge in [0.15, 0.2) is 0 Å². The highest BCUT2D eigenvalue weighted by atomic mass is 15.2. The van der Waals surface area contributed by atoms with Crippen molar-refractivity contribution in [1.82, 2.24) is 0 Å². The minimum Gasteiger partial charge on any atom is -0.311 e. The summed E-state index contributed by atoms with van der Waals surface area (Å²) in [5.41, 5.74) is 26.1. The molecular weight excluding hydrogens is 906 g/mol. The van der Waals surface area contributed by atoms with E-state index in [0.717, 1.165) is 29.9 Å². The summed E-state index contributed by atoms with van der Waals surface area (Å²) in [6.45, 7) is 26.2. The summed E-state index contributed by atoms with van der Waals surface area (Å²) in [6.07, 6.45) is 2.28. The molecule has 12 rings (SSSR count). The highest BCUT2D eigenvalue weighted by Gasteiger charge is 2.47. The van der Waals surface area contributed by atoms with Gasteiger partial charge in [-0.05, 0) is 175 Å². The SMILES string of the molecule is Cc1cc(-c2ccccc2)ccc1N1c2cc3c(cc2B2c4ccc(C(C)(C)C)cc4N(c4ccc(C(C)(C)C)cc4-c4ccccc4)c4cc(N(c5ccccc5)c5ccccc5)cc1c42)C(C)(C)CCC3(C)C. The third-order valence-electron chi connectivity index (χ3n) is 16.9. The fourth-order valence-corrected chi connectivity index (χ4v) is 12.5. The van der Waals surface area contributed by atoms with Crippen LogP contribution in [0.2, 0.25) is 0 Å². The first kappa shape index (κ1) is 48.4. The minimum atomic E-state index is -0.0941. The number of benzene rings is 9. The molecule has 4 heteroatoms. The third kappa shape index (κ3) is 8.29. The first-order chi connectivity index (χ1) is 35.9. The second-order valence-electron chi connectivity index (χ2n) is 25.0. The van der Waals surface area contributed by atoms with Crippen LogP contribution in [0.25, 0.3) is 22.3 Å². The van der Waals surface area contributed by atoms with Crippen LogP contribution in [0.4, 0.5) is 51.2 Å². The van der Waals surface area contributed by atoms with E-state index < -0.39 is 0 Å². The number of hydrogen-bond acceptors (Lipinski definition) is 3. The molecule has 0 fully saturated rings. The molecule has 0 aromatic heterocycles. The van der Waals surface area contributed by atoms with Gasteiger partial charge in [-0.1, -0.05) is 197 Å². The summed E-state index contributed by atoms with van der Waals surface area (Å²) in [4.78, 5) is 7.79. The van der Waals surface area contributed by atoms with Gasteiger partial charge < -0.3 is 14.7 Å². The molecule has 0 radical (unpaired) electrons. The van der Waals surface area contributed by atoms with Crippen LogP contribution in [0.3, 0.4) is 0 Å².